The van der Waals surface area contributed by atoms with Gasteiger partial charge in [-0.25, -0.2) is 4.79 Å². The Bertz CT molecular complexity index is 536. The molecule has 0 aliphatic heterocycles. The third-order valence-corrected chi connectivity index (χ3v) is 4.24. The largest absolute Gasteiger partial charge is 0.476 e. The van der Waals surface area contributed by atoms with E-state index in [1.807, 2.05) is 0 Å². The molecule has 142 valence electrons. The molecule has 0 aliphatic carbocycles. The third-order valence-electron chi connectivity index (χ3n) is 3.49. The Morgan fingerprint density at radius 1 is 1.20 bits per heavy atom. The van der Waals surface area contributed by atoms with Gasteiger partial charge in [0.05, 0.1) is 6.61 Å². The van der Waals surface area contributed by atoms with Crippen molar-refractivity contribution >= 4 is 28.5 Å². The number of anilines is 1. The van der Waals surface area contributed by atoms with E-state index >= 15 is 0 Å². The van der Waals surface area contributed by atoms with E-state index in [0.717, 1.165) is 30.8 Å². The van der Waals surface area contributed by atoms with Crippen molar-refractivity contribution in [1.82, 2.24) is 9.69 Å². The van der Waals surface area contributed by atoms with Gasteiger partial charge in [0, 0.05) is 13.2 Å². The van der Waals surface area contributed by atoms with E-state index in [1.54, 1.807) is 0 Å². The number of aliphatic hydroxyl groups is 1. The van der Waals surface area contributed by atoms with Gasteiger partial charge in [-0.1, -0.05) is 32.6 Å². The summed E-state index contributed by atoms with van der Waals surface area (Å²) in [6.45, 7) is 3.13. The van der Waals surface area contributed by atoms with Crippen LogP contribution in [0.3, 0.4) is 0 Å². The number of aliphatic hydroxyl groups excluding tert-OH is 1. The molecule has 0 spiro atoms. The summed E-state index contributed by atoms with van der Waals surface area (Å²) in [5, 5.41) is 14.2. The van der Waals surface area contributed by atoms with Crippen LogP contribution in [-0.2, 0) is 0 Å². The molecule has 1 aromatic heterocycles. The summed E-state index contributed by atoms with van der Waals surface area (Å²) in [6, 6.07) is -0.449. The second-order valence-corrected chi connectivity index (χ2v) is 6.40. The number of rotatable bonds is 13. The van der Waals surface area contributed by atoms with Crippen molar-refractivity contribution in [3.63, 3.8) is 0 Å². The van der Waals surface area contributed by atoms with Gasteiger partial charge in [0.15, 0.2) is 0 Å². The van der Waals surface area contributed by atoms with Gasteiger partial charge < -0.3 is 20.9 Å². The molecule has 1 aromatic rings. The number of primary amides is 1. The first-order valence-corrected chi connectivity index (χ1v) is 9.45. The van der Waals surface area contributed by atoms with Crippen molar-refractivity contribution in [2.75, 3.05) is 25.1 Å². The smallest absolute Gasteiger partial charge is 0.319 e. The summed E-state index contributed by atoms with van der Waals surface area (Å²) in [5.41, 5.74) is 5.49. The highest BCUT2D eigenvalue weighted by molar-refractivity contribution is 7.11. The molecule has 0 saturated carbocycles. The average molecular weight is 372 g/mol. The van der Waals surface area contributed by atoms with E-state index in [4.69, 9.17) is 15.6 Å². The zero-order valence-electron chi connectivity index (χ0n) is 14.7. The predicted molar refractivity (Wildman–Crippen MR) is 98.2 cm³/mol. The van der Waals surface area contributed by atoms with E-state index in [2.05, 4.69) is 21.9 Å². The van der Waals surface area contributed by atoms with Crippen LogP contribution < -0.4 is 21.1 Å². The van der Waals surface area contributed by atoms with E-state index in [-0.39, 0.29) is 23.1 Å². The zero-order valence-corrected chi connectivity index (χ0v) is 15.5. The Labute approximate surface area is 152 Å². The number of nitrogens with zero attached hydrogens (tertiary/aromatic N) is 1. The fourth-order valence-corrected chi connectivity index (χ4v) is 2.87. The normalized spacial score (nSPS) is 10.5. The van der Waals surface area contributed by atoms with E-state index in [0.29, 0.717) is 26.0 Å². The van der Waals surface area contributed by atoms with Crippen molar-refractivity contribution in [2.45, 2.75) is 51.9 Å². The topological polar surface area (TPSA) is 127 Å². The van der Waals surface area contributed by atoms with Crippen LogP contribution in [0.1, 0.15) is 62.2 Å². The van der Waals surface area contributed by atoms with Gasteiger partial charge in [-0.2, -0.15) is 4.37 Å². The molecule has 8 nitrogen and oxygen atoms in total. The van der Waals surface area contributed by atoms with Crippen LogP contribution in [0, 0.1) is 0 Å². The van der Waals surface area contributed by atoms with E-state index < -0.39 is 11.9 Å². The first-order valence-electron chi connectivity index (χ1n) is 8.68. The maximum atomic E-state index is 11.8. The molecule has 0 saturated heterocycles. The lowest BCUT2D eigenvalue weighted by Crippen LogP contribution is -2.30. The van der Waals surface area contributed by atoms with Gasteiger partial charge in [-0.3, -0.25) is 10.1 Å². The molecule has 0 bridgehead atoms. The molecule has 5 N–H and O–H groups in total. The summed E-state index contributed by atoms with van der Waals surface area (Å²) >= 11 is 0.961. The van der Waals surface area contributed by atoms with Crippen molar-refractivity contribution in [3.8, 4) is 5.88 Å². The van der Waals surface area contributed by atoms with Gasteiger partial charge in [-0.05, 0) is 30.8 Å². The quantitative estimate of drug-likeness (QED) is 0.396. The van der Waals surface area contributed by atoms with Crippen LogP contribution in [0.15, 0.2) is 0 Å². The molecule has 0 atom stereocenters. The first kappa shape index (κ1) is 21.2. The number of carbonyl (C=O) groups excluding carboxylic acids is 2. The number of aromatic nitrogens is 1. The Morgan fingerprint density at radius 2 is 1.96 bits per heavy atom. The SMILES string of the molecule is CCCCCCCOc1nsc(NC(=O)NCCCCO)c1C(N)=O. The molecule has 3 amide bonds. The lowest BCUT2D eigenvalue weighted by molar-refractivity contribution is 0.0997. The minimum absolute atomic E-state index is 0.0864. The van der Waals surface area contributed by atoms with Gasteiger partial charge in [0.2, 0.25) is 5.88 Å². The predicted octanol–water partition coefficient (Wildman–Crippen LogP) is 2.49. The number of amides is 3. The highest BCUT2D eigenvalue weighted by Gasteiger charge is 2.21. The van der Waals surface area contributed by atoms with E-state index in [1.165, 1.54) is 12.8 Å². The number of urea groups is 1. The molecule has 0 aromatic carbocycles. The van der Waals surface area contributed by atoms with Crippen LogP contribution in [0.2, 0.25) is 0 Å². The summed E-state index contributed by atoms with van der Waals surface area (Å²) in [7, 11) is 0. The molecule has 0 unspecified atom stereocenters. The number of nitrogens with two attached hydrogens (primary N) is 1. The zero-order chi connectivity index (χ0) is 18.5. The van der Waals surface area contributed by atoms with Crippen LogP contribution >= 0.6 is 11.5 Å². The molecular formula is C16H28N4O4S. The fraction of sp³-hybridized carbons (Fsp3) is 0.688. The fourth-order valence-electron chi connectivity index (χ4n) is 2.14. The third kappa shape index (κ3) is 8.17. The Hall–Kier alpha value is -1.87. The van der Waals surface area contributed by atoms with Gasteiger partial charge >= 0.3 is 6.03 Å². The maximum Gasteiger partial charge on any atom is 0.319 e. The number of nitrogens with one attached hydrogen (secondary N) is 2. The van der Waals surface area contributed by atoms with Gasteiger partial charge in [0.25, 0.3) is 5.91 Å². The molecule has 0 fully saturated rings. The van der Waals surface area contributed by atoms with Crippen LogP contribution in [0.25, 0.3) is 0 Å². The number of carbonyl (C=O) groups is 2. The Balaban J connectivity index is 2.50. The lowest BCUT2D eigenvalue weighted by atomic mass is 10.2. The molecule has 1 heterocycles. The number of ether oxygens (including phenoxy) is 1. The first-order chi connectivity index (χ1) is 12.1. The molecule has 9 heteroatoms. The highest BCUT2D eigenvalue weighted by Crippen LogP contribution is 2.30. The Kier molecular flexibility index (Phi) is 10.6. The number of hydrogen-bond acceptors (Lipinski definition) is 6. The summed E-state index contributed by atoms with van der Waals surface area (Å²) < 4.78 is 9.63. The average Bonchev–Trinajstić information content (AvgIpc) is 2.97. The van der Waals surface area contributed by atoms with Crippen LogP contribution in [0.5, 0.6) is 5.88 Å². The van der Waals surface area contributed by atoms with Crippen LogP contribution in [0.4, 0.5) is 9.80 Å². The molecule has 25 heavy (non-hydrogen) atoms. The van der Waals surface area contributed by atoms with E-state index in [9.17, 15) is 9.59 Å². The standard InChI is InChI=1S/C16H28N4O4S/c1-2-3-4-5-8-11-24-14-12(13(17)22)15(25-20-14)19-16(23)18-9-6-7-10-21/h21H,2-11H2,1H3,(H2,17,22)(H2,18,19,23). The van der Waals surface area contributed by atoms with Crippen molar-refractivity contribution in [3.05, 3.63) is 5.56 Å². The van der Waals surface area contributed by atoms with Crippen molar-refractivity contribution in [1.29, 1.82) is 0 Å². The lowest BCUT2D eigenvalue weighted by Gasteiger charge is -2.07. The summed E-state index contributed by atoms with van der Waals surface area (Å²) in [6.07, 6.45) is 6.75. The number of hydrogen-bond donors (Lipinski definition) is 4. The maximum absolute atomic E-state index is 11.8. The van der Waals surface area contributed by atoms with Crippen molar-refractivity contribution < 1.29 is 19.4 Å². The molecular weight excluding hydrogens is 344 g/mol. The summed E-state index contributed by atoms with van der Waals surface area (Å²) in [4.78, 5) is 23.5. The van der Waals surface area contributed by atoms with Gasteiger partial charge in [-0.15, -0.1) is 0 Å². The minimum Gasteiger partial charge on any atom is -0.476 e. The van der Waals surface area contributed by atoms with Gasteiger partial charge in [0.1, 0.15) is 10.6 Å². The second-order valence-electron chi connectivity index (χ2n) is 5.63. The molecule has 0 radical (unpaired) electrons. The van der Waals surface area contributed by atoms with Crippen LogP contribution in [-0.4, -0.2) is 41.2 Å². The minimum atomic E-state index is -0.690. The monoisotopic (exact) mass is 372 g/mol. The molecule has 0 aliphatic rings. The van der Waals surface area contributed by atoms with Crippen molar-refractivity contribution in [2.24, 2.45) is 5.73 Å². The summed E-state index contributed by atoms with van der Waals surface area (Å²) in [5.74, 6) is -0.520. The Morgan fingerprint density at radius 3 is 2.64 bits per heavy atom. The number of unbranched alkanes of at least 4 members (excludes halogenated alkanes) is 5. The second kappa shape index (κ2) is 12.5. The highest BCUT2D eigenvalue weighted by atomic mass is 32.1. The molecule has 1 rings (SSSR count).